The minimum Gasteiger partial charge on any atom is -0.359 e. The number of Topliss-reactive ketones (excluding diaryl/α,β-unsaturated/α-hetero) is 1. The van der Waals surface area contributed by atoms with Crippen molar-refractivity contribution in [1.29, 1.82) is 0 Å². The molecule has 0 fully saturated rings. The van der Waals surface area contributed by atoms with Gasteiger partial charge < -0.3 is 10.2 Å². The summed E-state index contributed by atoms with van der Waals surface area (Å²) in [6.45, 7) is 2.26. The molecule has 1 N–H and O–H groups in total. The number of nitrogens with one attached hydrogen (secondary N) is 1. The summed E-state index contributed by atoms with van der Waals surface area (Å²) < 4.78 is 0. The molecule has 0 radical (unpaired) electrons. The number of benzene rings is 1. The Hall–Kier alpha value is -2.17. The largest absolute Gasteiger partial charge is 0.359 e. The maximum absolute atomic E-state index is 11.9. The first-order chi connectivity index (χ1) is 9.06. The predicted molar refractivity (Wildman–Crippen MR) is 71.2 cm³/mol. The molecule has 19 heavy (non-hydrogen) atoms. The van der Waals surface area contributed by atoms with Crippen LogP contribution in [0.4, 0.5) is 5.69 Å². The lowest BCUT2D eigenvalue weighted by Crippen LogP contribution is -2.31. The lowest BCUT2D eigenvalue weighted by atomic mass is 10.1. The van der Waals surface area contributed by atoms with Crippen LogP contribution in [0.2, 0.25) is 0 Å². The molecule has 1 aliphatic rings. The highest BCUT2D eigenvalue weighted by atomic mass is 16.2. The second-order valence-corrected chi connectivity index (χ2v) is 4.53. The van der Waals surface area contributed by atoms with Crippen molar-refractivity contribution in [1.82, 2.24) is 5.32 Å². The van der Waals surface area contributed by atoms with Crippen molar-refractivity contribution in [2.45, 2.75) is 19.8 Å². The Balaban J connectivity index is 2.17. The number of carbonyl (C=O) groups is 3. The summed E-state index contributed by atoms with van der Waals surface area (Å²) in [5.41, 5.74) is 2.05. The molecule has 5 nitrogen and oxygen atoms in total. The monoisotopic (exact) mass is 260 g/mol. The van der Waals surface area contributed by atoms with E-state index in [1.54, 1.807) is 19.2 Å². The van der Waals surface area contributed by atoms with E-state index in [-0.39, 0.29) is 5.91 Å². The number of ketones is 1. The van der Waals surface area contributed by atoms with Crippen molar-refractivity contribution in [3.05, 3.63) is 29.3 Å². The molecule has 1 aromatic carbocycles. The Labute approximate surface area is 111 Å². The first-order valence-corrected chi connectivity index (χ1v) is 6.22. The van der Waals surface area contributed by atoms with Gasteiger partial charge in [-0.25, -0.2) is 0 Å². The van der Waals surface area contributed by atoms with Crippen LogP contribution in [0.3, 0.4) is 0 Å². The van der Waals surface area contributed by atoms with Crippen LogP contribution >= 0.6 is 0 Å². The van der Waals surface area contributed by atoms with E-state index in [0.717, 1.165) is 5.56 Å². The zero-order valence-corrected chi connectivity index (χ0v) is 11.0. The number of anilines is 1. The molecule has 1 heterocycles. The molecule has 0 atom stereocenters. The van der Waals surface area contributed by atoms with Crippen LogP contribution in [0, 0.1) is 6.92 Å². The van der Waals surface area contributed by atoms with E-state index in [2.05, 4.69) is 5.32 Å². The molecule has 1 aromatic rings. The van der Waals surface area contributed by atoms with Gasteiger partial charge in [-0.3, -0.25) is 14.4 Å². The predicted octanol–water partition coefficient (Wildman–Crippen LogP) is 1.05. The molecule has 1 aliphatic heterocycles. The molecule has 100 valence electrons. The third-order valence-electron chi connectivity index (χ3n) is 3.26. The first-order valence-electron chi connectivity index (χ1n) is 6.22. The maximum Gasteiger partial charge on any atom is 0.299 e. The van der Waals surface area contributed by atoms with E-state index in [0.29, 0.717) is 30.6 Å². The van der Waals surface area contributed by atoms with Gasteiger partial charge in [-0.15, -0.1) is 0 Å². The van der Waals surface area contributed by atoms with Crippen LogP contribution in [0.5, 0.6) is 0 Å². The Morgan fingerprint density at radius 2 is 2.05 bits per heavy atom. The van der Waals surface area contributed by atoms with Crippen molar-refractivity contribution in [2.24, 2.45) is 0 Å². The summed E-state index contributed by atoms with van der Waals surface area (Å²) in [4.78, 5) is 36.4. The number of amides is 2. The van der Waals surface area contributed by atoms with Crippen molar-refractivity contribution in [3.8, 4) is 0 Å². The number of hydrogen-bond acceptors (Lipinski definition) is 3. The molecular formula is C14H16N2O3. The van der Waals surface area contributed by atoms with Crippen molar-refractivity contribution < 1.29 is 14.4 Å². The molecule has 0 saturated carbocycles. The molecular weight excluding hydrogens is 244 g/mol. The fourth-order valence-corrected chi connectivity index (χ4v) is 2.28. The molecule has 0 bridgehead atoms. The number of aryl methyl sites for hydroxylation is 1. The molecule has 5 heteroatoms. The van der Waals surface area contributed by atoms with Crippen molar-refractivity contribution >= 4 is 23.3 Å². The highest BCUT2D eigenvalue weighted by Gasteiger charge is 2.36. The molecule has 0 spiro atoms. The van der Waals surface area contributed by atoms with Gasteiger partial charge in [0.2, 0.25) is 5.91 Å². The van der Waals surface area contributed by atoms with E-state index < -0.39 is 11.7 Å². The summed E-state index contributed by atoms with van der Waals surface area (Å²) in [5.74, 6) is -1.03. The number of rotatable bonds is 4. The van der Waals surface area contributed by atoms with Crippen LogP contribution in [0.1, 0.15) is 28.8 Å². The normalized spacial score (nSPS) is 13.7. The first kappa shape index (κ1) is 13.3. The number of para-hydroxylation sites is 1. The Bertz CT molecular complexity index is 552. The zero-order valence-electron chi connectivity index (χ0n) is 11.0. The van der Waals surface area contributed by atoms with E-state index >= 15 is 0 Å². The summed E-state index contributed by atoms with van der Waals surface area (Å²) in [6, 6.07) is 5.31. The van der Waals surface area contributed by atoms with Crippen LogP contribution in [-0.2, 0) is 9.59 Å². The Morgan fingerprint density at radius 3 is 2.74 bits per heavy atom. The third-order valence-corrected chi connectivity index (χ3v) is 3.26. The van der Waals surface area contributed by atoms with Crippen LogP contribution in [-0.4, -0.2) is 31.2 Å². The zero-order chi connectivity index (χ0) is 14.0. The molecule has 2 amide bonds. The fraction of sp³-hybridized carbons (Fsp3) is 0.357. The third kappa shape index (κ3) is 2.36. The average molecular weight is 260 g/mol. The highest BCUT2D eigenvalue weighted by Crippen LogP contribution is 2.32. The van der Waals surface area contributed by atoms with Gasteiger partial charge >= 0.3 is 0 Å². The van der Waals surface area contributed by atoms with Gasteiger partial charge in [0.05, 0.1) is 11.3 Å². The standard InChI is InChI=1S/C14H16N2O3/c1-9-5-3-6-10-12(9)16(14(19)13(10)18)8-4-7-11(17)15-2/h3,5-6H,4,7-8H2,1-2H3,(H,15,17). The summed E-state index contributed by atoms with van der Waals surface area (Å²) in [7, 11) is 1.58. The van der Waals surface area contributed by atoms with Gasteiger partial charge in [0, 0.05) is 20.0 Å². The fourth-order valence-electron chi connectivity index (χ4n) is 2.28. The van der Waals surface area contributed by atoms with E-state index in [1.807, 2.05) is 13.0 Å². The quantitative estimate of drug-likeness (QED) is 0.823. The van der Waals surface area contributed by atoms with E-state index in [4.69, 9.17) is 0 Å². The topological polar surface area (TPSA) is 66.5 Å². The lowest BCUT2D eigenvalue weighted by molar-refractivity contribution is -0.121. The number of fused-ring (bicyclic) bond motifs is 1. The molecule has 2 rings (SSSR count). The van der Waals surface area contributed by atoms with Crippen LogP contribution < -0.4 is 10.2 Å². The summed E-state index contributed by atoms with van der Waals surface area (Å²) in [5, 5.41) is 2.53. The van der Waals surface area contributed by atoms with Gasteiger partial charge in [0.1, 0.15) is 0 Å². The van der Waals surface area contributed by atoms with E-state index in [1.165, 1.54) is 4.90 Å². The molecule has 0 saturated heterocycles. The van der Waals surface area contributed by atoms with Gasteiger partial charge in [0.25, 0.3) is 11.7 Å². The lowest BCUT2D eigenvalue weighted by Gasteiger charge is -2.18. The van der Waals surface area contributed by atoms with Gasteiger partial charge in [-0.2, -0.15) is 0 Å². The van der Waals surface area contributed by atoms with Gasteiger partial charge in [-0.05, 0) is 25.0 Å². The molecule has 0 aliphatic carbocycles. The van der Waals surface area contributed by atoms with Gasteiger partial charge in [0.15, 0.2) is 0 Å². The Kier molecular flexibility index (Phi) is 3.64. The van der Waals surface area contributed by atoms with Crippen LogP contribution in [0.15, 0.2) is 18.2 Å². The highest BCUT2D eigenvalue weighted by molar-refractivity contribution is 6.52. The minimum atomic E-state index is -0.499. The van der Waals surface area contributed by atoms with Gasteiger partial charge in [-0.1, -0.05) is 12.1 Å². The van der Waals surface area contributed by atoms with Crippen molar-refractivity contribution in [2.75, 3.05) is 18.5 Å². The molecule has 0 aromatic heterocycles. The smallest absolute Gasteiger partial charge is 0.299 e. The number of carbonyl (C=O) groups excluding carboxylic acids is 3. The van der Waals surface area contributed by atoms with Crippen LogP contribution in [0.25, 0.3) is 0 Å². The second-order valence-electron chi connectivity index (χ2n) is 4.53. The summed E-state index contributed by atoms with van der Waals surface area (Å²) in [6.07, 6.45) is 0.877. The Morgan fingerprint density at radius 1 is 1.32 bits per heavy atom. The number of nitrogens with zero attached hydrogens (tertiary/aromatic N) is 1. The second kappa shape index (κ2) is 5.22. The van der Waals surface area contributed by atoms with E-state index in [9.17, 15) is 14.4 Å². The summed E-state index contributed by atoms with van der Waals surface area (Å²) >= 11 is 0. The number of hydrogen-bond donors (Lipinski definition) is 1. The maximum atomic E-state index is 11.9. The minimum absolute atomic E-state index is 0.0667. The average Bonchev–Trinajstić information content (AvgIpc) is 2.65. The van der Waals surface area contributed by atoms with Crippen molar-refractivity contribution in [3.63, 3.8) is 0 Å². The SMILES string of the molecule is CNC(=O)CCCN1C(=O)C(=O)c2cccc(C)c21. The molecule has 0 unspecified atom stereocenters.